The van der Waals surface area contributed by atoms with Gasteiger partial charge in [-0.15, -0.1) is 6.58 Å². The van der Waals surface area contributed by atoms with Gasteiger partial charge in [-0.3, -0.25) is 9.59 Å². The molecular weight excluding hydrogens is 310 g/mol. The fourth-order valence-electron chi connectivity index (χ4n) is 4.25. The molecule has 0 spiro atoms. The molecule has 7 nitrogen and oxygen atoms in total. The second kappa shape index (κ2) is 6.45. The molecule has 2 aliphatic carbocycles. The molecule has 3 amide bonds. The van der Waals surface area contributed by atoms with Gasteiger partial charge in [0.2, 0.25) is 11.8 Å². The van der Waals surface area contributed by atoms with E-state index in [1.54, 1.807) is 0 Å². The number of fused-ring (bicyclic) bond motifs is 1. The van der Waals surface area contributed by atoms with E-state index >= 15 is 0 Å². The third kappa shape index (κ3) is 3.12. The lowest BCUT2D eigenvalue weighted by Crippen LogP contribution is -2.52. The summed E-state index contributed by atoms with van der Waals surface area (Å²) in [5, 5.41) is 2.55. The summed E-state index contributed by atoms with van der Waals surface area (Å²) in [7, 11) is 0. The normalized spacial score (nSPS) is 35.0. The van der Waals surface area contributed by atoms with Gasteiger partial charge in [0, 0.05) is 6.54 Å². The molecule has 24 heavy (non-hydrogen) atoms. The monoisotopic (exact) mass is 335 g/mol. The predicted octanol–water partition coefficient (Wildman–Crippen LogP) is 0.788. The van der Waals surface area contributed by atoms with E-state index in [0.29, 0.717) is 24.8 Å². The molecular formula is C17H25N3O4. The number of nitrogens with one attached hydrogen (secondary N) is 1. The van der Waals surface area contributed by atoms with Crippen molar-refractivity contribution in [1.82, 2.24) is 10.2 Å². The largest absolute Gasteiger partial charge is 0.446 e. The number of rotatable bonds is 5. The molecule has 2 saturated carbocycles. The van der Waals surface area contributed by atoms with Gasteiger partial charge in [0.15, 0.2) is 0 Å². The number of primary amides is 1. The Hall–Kier alpha value is -2.05. The van der Waals surface area contributed by atoms with Crippen LogP contribution < -0.4 is 11.1 Å². The van der Waals surface area contributed by atoms with Gasteiger partial charge in [-0.2, -0.15) is 0 Å². The van der Waals surface area contributed by atoms with Gasteiger partial charge in [-0.1, -0.05) is 13.0 Å². The summed E-state index contributed by atoms with van der Waals surface area (Å²) in [5.74, 6) is 1.22. The van der Waals surface area contributed by atoms with Gasteiger partial charge in [0.05, 0.1) is 0 Å². The van der Waals surface area contributed by atoms with Crippen LogP contribution in [0.15, 0.2) is 12.7 Å². The van der Waals surface area contributed by atoms with Gasteiger partial charge in [0.1, 0.15) is 18.2 Å². The summed E-state index contributed by atoms with van der Waals surface area (Å²) in [6.07, 6.45) is 3.76. The molecule has 1 saturated heterocycles. The molecule has 3 N–H and O–H groups in total. The second-order valence-corrected chi connectivity index (χ2v) is 7.14. The highest BCUT2D eigenvalue weighted by Crippen LogP contribution is 2.57. The first-order valence-electron chi connectivity index (χ1n) is 8.62. The molecule has 4 unspecified atom stereocenters. The van der Waals surface area contributed by atoms with Crippen LogP contribution in [-0.4, -0.2) is 47.5 Å². The quantitative estimate of drug-likeness (QED) is 0.725. The maximum Gasteiger partial charge on any atom is 0.408 e. The third-order valence-electron chi connectivity index (χ3n) is 5.74. The topological polar surface area (TPSA) is 102 Å². The molecule has 0 aromatic heterocycles. The summed E-state index contributed by atoms with van der Waals surface area (Å²) in [4.78, 5) is 37.5. The number of nitrogens with zero attached hydrogens (tertiary/aromatic N) is 1. The zero-order valence-electron chi connectivity index (χ0n) is 13.9. The van der Waals surface area contributed by atoms with Crippen LogP contribution in [0.5, 0.6) is 0 Å². The molecule has 1 heterocycles. The van der Waals surface area contributed by atoms with Gasteiger partial charge in [-0.25, -0.2) is 4.79 Å². The maximum atomic E-state index is 12.5. The fraction of sp³-hybridized carbons (Fsp3) is 0.706. The standard InChI is InChI=1S/C17H25N3O4/c1-3-13(16(22)20-6-4-5-14(20)15(18)21)19-17(23)24-10-7-11-9(2)12(11)8-10/h3,9-14H,1,4-8H2,2H3,(H2,18,21)(H,19,23). The Morgan fingerprint density at radius 1 is 1.33 bits per heavy atom. The second-order valence-electron chi connectivity index (χ2n) is 7.14. The first-order chi connectivity index (χ1) is 11.4. The number of nitrogens with two attached hydrogens (primary N) is 1. The van der Waals surface area contributed by atoms with Crippen LogP contribution in [0.3, 0.4) is 0 Å². The Bertz CT molecular complexity index is 552. The molecule has 3 rings (SSSR count). The minimum Gasteiger partial charge on any atom is -0.446 e. The van der Waals surface area contributed by atoms with Crippen LogP contribution in [0.2, 0.25) is 0 Å². The average Bonchev–Trinajstić information content (AvgIpc) is 2.96. The van der Waals surface area contributed by atoms with Crippen LogP contribution >= 0.6 is 0 Å². The predicted molar refractivity (Wildman–Crippen MR) is 86.7 cm³/mol. The number of amides is 3. The zero-order valence-corrected chi connectivity index (χ0v) is 13.9. The van der Waals surface area contributed by atoms with Crippen molar-refractivity contribution in [2.24, 2.45) is 23.5 Å². The van der Waals surface area contributed by atoms with E-state index in [1.165, 1.54) is 11.0 Å². The van der Waals surface area contributed by atoms with Crippen LogP contribution in [0.1, 0.15) is 32.6 Å². The summed E-state index contributed by atoms with van der Waals surface area (Å²) in [5.41, 5.74) is 5.34. The van der Waals surface area contributed by atoms with Crippen molar-refractivity contribution in [3.8, 4) is 0 Å². The molecule has 0 bridgehead atoms. The molecule has 0 aromatic carbocycles. The van der Waals surface area contributed by atoms with E-state index in [9.17, 15) is 14.4 Å². The Morgan fingerprint density at radius 3 is 2.58 bits per heavy atom. The Kier molecular flexibility index (Phi) is 4.51. The molecule has 132 valence electrons. The van der Waals surface area contributed by atoms with Gasteiger partial charge >= 0.3 is 6.09 Å². The smallest absolute Gasteiger partial charge is 0.408 e. The van der Waals surface area contributed by atoms with Crippen LogP contribution in [0, 0.1) is 17.8 Å². The van der Waals surface area contributed by atoms with Crippen molar-refractivity contribution in [3.63, 3.8) is 0 Å². The van der Waals surface area contributed by atoms with E-state index in [2.05, 4.69) is 18.8 Å². The van der Waals surface area contributed by atoms with E-state index in [1.807, 2.05) is 0 Å². The first kappa shape index (κ1) is 16.8. The first-order valence-corrected chi connectivity index (χ1v) is 8.62. The van der Waals surface area contributed by atoms with Crippen LogP contribution in [0.25, 0.3) is 0 Å². The molecule has 1 aliphatic heterocycles. The molecule has 3 fully saturated rings. The fourth-order valence-corrected chi connectivity index (χ4v) is 4.25. The van der Waals surface area contributed by atoms with Crippen molar-refractivity contribution < 1.29 is 19.1 Å². The number of carbonyl (C=O) groups excluding carboxylic acids is 3. The Morgan fingerprint density at radius 2 is 2.00 bits per heavy atom. The number of hydrogen-bond donors (Lipinski definition) is 2. The number of ether oxygens (including phenoxy) is 1. The zero-order chi connectivity index (χ0) is 17.4. The molecule has 4 atom stereocenters. The lowest BCUT2D eigenvalue weighted by atomic mass is 10.1. The van der Waals surface area contributed by atoms with E-state index in [4.69, 9.17) is 10.5 Å². The number of likely N-dealkylation sites (tertiary alicyclic amines) is 1. The average molecular weight is 335 g/mol. The number of hydrogen-bond acceptors (Lipinski definition) is 4. The number of alkyl carbamates (subject to hydrolysis) is 1. The Balaban J connectivity index is 1.52. The Labute approximate surface area is 141 Å². The van der Waals surface area contributed by atoms with Crippen LogP contribution in [-0.2, 0) is 14.3 Å². The highest BCUT2D eigenvalue weighted by Gasteiger charge is 2.54. The van der Waals surface area contributed by atoms with Crippen molar-refractivity contribution >= 4 is 17.9 Å². The third-order valence-corrected chi connectivity index (χ3v) is 5.74. The highest BCUT2D eigenvalue weighted by atomic mass is 16.6. The molecule has 3 aliphatic rings. The highest BCUT2D eigenvalue weighted by molar-refractivity contribution is 5.92. The van der Waals surface area contributed by atoms with Crippen molar-refractivity contribution in [2.45, 2.75) is 50.8 Å². The molecule has 0 aromatic rings. The van der Waals surface area contributed by atoms with Crippen molar-refractivity contribution in [1.29, 1.82) is 0 Å². The van der Waals surface area contributed by atoms with E-state index in [-0.39, 0.29) is 12.0 Å². The summed E-state index contributed by atoms with van der Waals surface area (Å²) in [6.45, 7) is 6.28. The van der Waals surface area contributed by atoms with Gasteiger partial charge in [-0.05, 0) is 43.4 Å². The lowest BCUT2D eigenvalue weighted by Gasteiger charge is -2.26. The minimum absolute atomic E-state index is 0.0677. The lowest BCUT2D eigenvalue weighted by molar-refractivity contribution is -0.138. The summed E-state index contributed by atoms with van der Waals surface area (Å²) in [6, 6.07) is -1.52. The number of carbonyl (C=O) groups is 3. The van der Waals surface area contributed by atoms with Gasteiger partial charge < -0.3 is 20.7 Å². The van der Waals surface area contributed by atoms with Gasteiger partial charge in [0.25, 0.3) is 0 Å². The molecule has 0 radical (unpaired) electrons. The summed E-state index contributed by atoms with van der Waals surface area (Å²) < 4.78 is 5.42. The molecule has 7 heteroatoms. The maximum absolute atomic E-state index is 12.5. The van der Waals surface area contributed by atoms with Crippen LogP contribution in [0.4, 0.5) is 4.79 Å². The van der Waals surface area contributed by atoms with E-state index in [0.717, 1.165) is 25.2 Å². The van der Waals surface area contributed by atoms with Crippen molar-refractivity contribution in [3.05, 3.63) is 12.7 Å². The summed E-state index contributed by atoms with van der Waals surface area (Å²) >= 11 is 0. The van der Waals surface area contributed by atoms with Crippen molar-refractivity contribution in [2.75, 3.05) is 6.54 Å². The SMILES string of the molecule is C=CC(NC(=O)OC1CC2C(C)C2C1)C(=O)N1CCCC1C(N)=O. The minimum atomic E-state index is -0.910. The van der Waals surface area contributed by atoms with E-state index < -0.39 is 24.1 Å².